The molecule has 2 unspecified atom stereocenters. The molecule has 1 aliphatic rings. The van der Waals surface area contributed by atoms with Crippen molar-refractivity contribution in [2.75, 3.05) is 18.5 Å². The standard InChI is InChI=1S/C15H20N2O4/c1-10-3-5-11(6-4-10)17(2)15(20)16-9-12-7-8-13(21-12)14(18)19/h3-6,12-13H,7-9H2,1-2H3,(H,16,20)(H,18,19). The monoisotopic (exact) mass is 292 g/mol. The van der Waals surface area contributed by atoms with E-state index in [9.17, 15) is 9.59 Å². The van der Waals surface area contributed by atoms with E-state index in [1.807, 2.05) is 31.2 Å². The van der Waals surface area contributed by atoms with E-state index in [0.29, 0.717) is 19.4 Å². The minimum atomic E-state index is -0.944. The molecule has 2 amide bonds. The minimum absolute atomic E-state index is 0.235. The molecule has 0 bridgehead atoms. The quantitative estimate of drug-likeness (QED) is 0.886. The molecular formula is C15H20N2O4. The maximum absolute atomic E-state index is 12.0. The Hall–Kier alpha value is -2.08. The maximum Gasteiger partial charge on any atom is 0.332 e. The largest absolute Gasteiger partial charge is 0.479 e. The van der Waals surface area contributed by atoms with Gasteiger partial charge < -0.3 is 15.2 Å². The maximum atomic E-state index is 12.0. The van der Waals surface area contributed by atoms with Crippen LogP contribution < -0.4 is 10.2 Å². The number of rotatable bonds is 4. The fraction of sp³-hybridized carbons (Fsp3) is 0.467. The molecule has 0 radical (unpaired) electrons. The molecule has 2 atom stereocenters. The summed E-state index contributed by atoms with van der Waals surface area (Å²) in [7, 11) is 1.69. The van der Waals surface area contributed by atoms with Crippen LogP contribution in [-0.4, -0.2) is 42.9 Å². The highest BCUT2D eigenvalue weighted by Gasteiger charge is 2.30. The Bertz CT molecular complexity index is 515. The summed E-state index contributed by atoms with van der Waals surface area (Å²) in [5, 5.41) is 11.6. The molecule has 0 aliphatic carbocycles. The molecular weight excluding hydrogens is 272 g/mol. The number of carbonyl (C=O) groups is 2. The van der Waals surface area contributed by atoms with Crippen LogP contribution in [0.3, 0.4) is 0 Å². The van der Waals surface area contributed by atoms with E-state index in [2.05, 4.69) is 5.32 Å². The van der Waals surface area contributed by atoms with Gasteiger partial charge in [-0.25, -0.2) is 9.59 Å². The number of carboxylic acids is 1. The molecule has 1 aliphatic heterocycles. The van der Waals surface area contributed by atoms with Gasteiger partial charge in [0.15, 0.2) is 6.10 Å². The second-order valence-electron chi connectivity index (χ2n) is 5.24. The lowest BCUT2D eigenvalue weighted by Gasteiger charge is -2.20. The predicted molar refractivity (Wildman–Crippen MR) is 78.5 cm³/mol. The molecule has 114 valence electrons. The number of carbonyl (C=O) groups excluding carboxylic acids is 1. The van der Waals surface area contributed by atoms with Crippen LogP contribution in [0.15, 0.2) is 24.3 Å². The summed E-state index contributed by atoms with van der Waals surface area (Å²) in [4.78, 5) is 24.3. The highest BCUT2D eigenvalue weighted by Crippen LogP contribution is 2.19. The molecule has 21 heavy (non-hydrogen) atoms. The first-order chi connectivity index (χ1) is 9.97. The zero-order chi connectivity index (χ0) is 15.4. The number of urea groups is 1. The number of ether oxygens (including phenoxy) is 1. The Morgan fingerprint density at radius 1 is 1.33 bits per heavy atom. The average molecular weight is 292 g/mol. The van der Waals surface area contributed by atoms with Gasteiger partial charge >= 0.3 is 12.0 Å². The van der Waals surface area contributed by atoms with Crippen molar-refractivity contribution in [1.29, 1.82) is 0 Å². The molecule has 1 saturated heterocycles. The summed E-state index contributed by atoms with van der Waals surface area (Å²) in [5.74, 6) is -0.944. The summed E-state index contributed by atoms with van der Waals surface area (Å²) < 4.78 is 5.34. The molecule has 0 aromatic heterocycles. The number of aliphatic carboxylic acids is 1. The number of hydrogen-bond acceptors (Lipinski definition) is 3. The van der Waals surface area contributed by atoms with Crippen LogP contribution >= 0.6 is 0 Å². The summed E-state index contributed by atoms with van der Waals surface area (Å²) in [5.41, 5.74) is 1.93. The molecule has 1 aromatic carbocycles. The van der Waals surface area contributed by atoms with Crippen molar-refractivity contribution in [3.05, 3.63) is 29.8 Å². The predicted octanol–water partition coefficient (Wildman–Crippen LogP) is 1.77. The van der Waals surface area contributed by atoms with Crippen LogP contribution in [0.25, 0.3) is 0 Å². The van der Waals surface area contributed by atoms with Crippen molar-refractivity contribution in [1.82, 2.24) is 5.32 Å². The van der Waals surface area contributed by atoms with Crippen molar-refractivity contribution < 1.29 is 19.4 Å². The van der Waals surface area contributed by atoms with Crippen LogP contribution in [0.4, 0.5) is 10.5 Å². The number of hydrogen-bond donors (Lipinski definition) is 2. The number of anilines is 1. The second kappa shape index (κ2) is 6.58. The van der Waals surface area contributed by atoms with Crippen molar-refractivity contribution >= 4 is 17.7 Å². The molecule has 6 heteroatoms. The van der Waals surface area contributed by atoms with Gasteiger partial charge in [0.2, 0.25) is 0 Å². The third kappa shape index (κ3) is 3.95. The third-order valence-corrected chi connectivity index (χ3v) is 3.59. The zero-order valence-corrected chi connectivity index (χ0v) is 12.2. The van der Waals surface area contributed by atoms with Gasteiger partial charge in [-0.2, -0.15) is 0 Å². The minimum Gasteiger partial charge on any atom is -0.479 e. The molecule has 2 N–H and O–H groups in total. The van der Waals surface area contributed by atoms with E-state index in [0.717, 1.165) is 11.3 Å². The molecule has 0 spiro atoms. The van der Waals surface area contributed by atoms with Crippen LogP contribution in [0.1, 0.15) is 18.4 Å². The summed E-state index contributed by atoms with van der Waals surface area (Å²) in [6.07, 6.45) is 0.151. The van der Waals surface area contributed by atoms with Crippen molar-refractivity contribution in [3.63, 3.8) is 0 Å². The van der Waals surface area contributed by atoms with Crippen molar-refractivity contribution in [2.45, 2.75) is 32.0 Å². The topological polar surface area (TPSA) is 78.9 Å². The fourth-order valence-electron chi connectivity index (χ4n) is 2.24. The normalized spacial score (nSPS) is 21.0. The highest BCUT2D eigenvalue weighted by atomic mass is 16.5. The van der Waals surface area contributed by atoms with Gasteiger partial charge in [-0.05, 0) is 31.9 Å². The lowest BCUT2D eigenvalue weighted by Crippen LogP contribution is -2.41. The van der Waals surface area contributed by atoms with E-state index in [1.54, 1.807) is 7.05 Å². The van der Waals surface area contributed by atoms with Crippen LogP contribution in [0.5, 0.6) is 0 Å². The first-order valence-corrected chi connectivity index (χ1v) is 6.94. The average Bonchev–Trinajstić information content (AvgIpc) is 2.94. The van der Waals surface area contributed by atoms with Gasteiger partial charge in [0.05, 0.1) is 6.10 Å². The van der Waals surface area contributed by atoms with Gasteiger partial charge in [-0.1, -0.05) is 17.7 Å². The van der Waals surface area contributed by atoms with Crippen LogP contribution in [0, 0.1) is 6.92 Å². The Morgan fingerprint density at radius 2 is 2.00 bits per heavy atom. The molecule has 1 aromatic rings. The van der Waals surface area contributed by atoms with Crippen molar-refractivity contribution in [3.8, 4) is 0 Å². The number of carboxylic acid groups (broad SMARTS) is 1. The molecule has 1 fully saturated rings. The highest BCUT2D eigenvalue weighted by molar-refractivity contribution is 5.91. The van der Waals surface area contributed by atoms with Gasteiger partial charge in [-0.15, -0.1) is 0 Å². The molecule has 2 rings (SSSR count). The Kier molecular flexibility index (Phi) is 4.80. The summed E-state index contributed by atoms with van der Waals surface area (Å²) in [6, 6.07) is 7.40. The zero-order valence-electron chi connectivity index (χ0n) is 12.2. The first kappa shape index (κ1) is 15.3. The second-order valence-corrected chi connectivity index (χ2v) is 5.24. The van der Waals surface area contributed by atoms with Gasteiger partial charge in [0, 0.05) is 19.3 Å². The summed E-state index contributed by atoms with van der Waals surface area (Å²) in [6.45, 7) is 2.30. The Morgan fingerprint density at radius 3 is 2.57 bits per heavy atom. The van der Waals surface area contributed by atoms with Gasteiger partial charge in [0.1, 0.15) is 0 Å². The van der Waals surface area contributed by atoms with E-state index < -0.39 is 12.1 Å². The molecule has 1 heterocycles. The number of nitrogens with zero attached hydrogens (tertiary/aromatic N) is 1. The van der Waals surface area contributed by atoms with E-state index in [1.165, 1.54) is 4.90 Å². The molecule has 6 nitrogen and oxygen atoms in total. The number of aryl methyl sites for hydroxylation is 1. The first-order valence-electron chi connectivity index (χ1n) is 6.94. The lowest BCUT2D eigenvalue weighted by atomic mass is 10.2. The van der Waals surface area contributed by atoms with Crippen LogP contribution in [0.2, 0.25) is 0 Å². The van der Waals surface area contributed by atoms with E-state index in [-0.39, 0.29) is 12.1 Å². The number of benzene rings is 1. The SMILES string of the molecule is Cc1ccc(N(C)C(=O)NCC2CCC(C(=O)O)O2)cc1. The Labute approximate surface area is 123 Å². The fourth-order valence-corrected chi connectivity index (χ4v) is 2.24. The number of amides is 2. The van der Waals surface area contributed by atoms with E-state index >= 15 is 0 Å². The lowest BCUT2D eigenvalue weighted by molar-refractivity contribution is -0.149. The smallest absolute Gasteiger partial charge is 0.332 e. The van der Waals surface area contributed by atoms with Crippen molar-refractivity contribution in [2.24, 2.45) is 0 Å². The van der Waals surface area contributed by atoms with Crippen LogP contribution in [-0.2, 0) is 9.53 Å². The van der Waals surface area contributed by atoms with Gasteiger partial charge in [0.25, 0.3) is 0 Å². The summed E-state index contributed by atoms with van der Waals surface area (Å²) >= 11 is 0. The van der Waals surface area contributed by atoms with E-state index in [4.69, 9.17) is 9.84 Å². The third-order valence-electron chi connectivity index (χ3n) is 3.59. The molecule has 0 saturated carbocycles. The Balaban J connectivity index is 1.82. The van der Waals surface area contributed by atoms with Gasteiger partial charge in [-0.3, -0.25) is 4.90 Å². The number of nitrogens with one attached hydrogen (secondary N) is 1.